The van der Waals surface area contributed by atoms with E-state index in [1.807, 2.05) is 18.7 Å². The van der Waals surface area contributed by atoms with E-state index in [0.717, 1.165) is 18.5 Å². The van der Waals surface area contributed by atoms with Crippen molar-refractivity contribution in [1.29, 1.82) is 0 Å². The van der Waals surface area contributed by atoms with Gasteiger partial charge in [0, 0.05) is 22.3 Å². The van der Waals surface area contributed by atoms with Crippen molar-refractivity contribution in [2.24, 2.45) is 5.73 Å². The third kappa shape index (κ3) is 2.17. The van der Waals surface area contributed by atoms with E-state index < -0.39 is 6.03 Å². The standard InChI is InChI=1S/C8H14N2OS/c1-3-6-4-7(5(2)12-6)10-8(9)11/h6H,3-4H2,1-2H3,(H3,9,10,11). The summed E-state index contributed by atoms with van der Waals surface area (Å²) in [4.78, 5) is 11.8. The number of hydrogen-bond donors (Lipinski definition) is 2. The first-order valence-corrected chi connectivity index (χ1v) is 4.94. The molecular weight excluding hydrogens is 172 g/mol. The summed E-state index contributed by atoms with van der Waals surface area (Å²) in [5, 5.41) is 3.27. The Morgan fingerprint density at radius 2 is 2.50 bits per heavy atom. The number of allylic oxidation sites excluding steroid dienone is 2. The number of carbonyl (C=O) groups is 1. The predicted molar refractivity (Wildman–Crippen MR) is 51.7 cm³/mol. The topological polar surface area (TPSA) is 55.1 Å². The largest absolute Gasteiger partial charge is 0.351 e. The van der Waals surface area contributed by atoms with Gasteiger partial charge in [-0.3, -0.25) is 0 Å². The van der Waals surface area contributed by atoms with Gasteiger partial charge >= 0.3 is 6.03 Å². The minimum Gasteiger partial charge on any atom is -0.351 e. The molecule has 1 aliphatic heterocycles. The first kappa shape index (κ1) is 9.45. The third-order valence-corrected chi connectivity index (χ3v) is 3.36. The molecule has 0 aromatic rings. The average Bonchev–Trinajstić information content (AvgIpc) is 2.31. The highest BCUT2D eigenvalue weighted by molar-refractivity contribution is 8.03. The molecule has 3 N–H and O–H groups in total. The number of carbonyl (C=O) groups excluding carboxylic acids is 1. The van der Waals surface area contributed by atoms with E-state index >= 15 is 0 Å². The molecule has 2 amide bonds. The van der Waals surface area contributed by atoms with Gasteiger partial charge in [-0.15, -0.1) is 11.8 Å². The van der Waals surface area contributed by atoms with Gasteiger partial charge in [0.25, 0.3) is 0 Å². The summed E-state index contributed by atoms with van der Waals surface area (Å²) < 4.78 is 0. The zero-order chi connectivity index (χ0) is 9.14. The van der Waals surface area contributed by atoms with Gasteiger partial charge < -0.3 is 11.1 Å². The number of amides is 2. The van der Waals surface area contributed by atoms with Crippen molar-refractivity contribution in [3.05, 3.63) is 10.6 Å². The molecule has 0 saturated heterocycles. The minimum atomic E-state index is -0.457. The second kappa shape index (κ2) is 3.85. The van der Waals surface area contributed by atoms with Gasteiger partial charge in [-0.25, -0.2) is 4.79 Å². The summed E-state index contributed by atoms with van der Waals surface area (Å²) in [5.41, 5.74) is 6.03. The second-order valence-corrected chi connectivity index (χ2v) is 4.39. The molecule has 0 fully saturated rings. The maximum absolute atomic E-state index is 10.6. The third-order valence-electron chi connectivity index (χ3n) is 1.93. The van der Waals surface area contributed by atoms with Gasteiger partial charge in [-0.05, 0) is 13.3 Å². The number of primary amides is 1. The van der Waals surface area contributed by atoms with Crippen LogP contribution in [-0.4, -0.2) is 11.3 Å². The Hall–Kier alpha value is -0.640. The normalized spacial score (nSPS) is 23.0. The number of thioether (sulfide) groups is 1. The van der Waals surface area contributed by atoms with Crippen molar-refractivity contribution in [2.45, 2.75) is 31.9 Å². The van der Waals surface area contributed by atoms with Gasteiger partial charge in [0.2, 0.25) is 0 Å². The molecule has 0 saturated carbocycles. The molecule has 1 rings (SSSR count). The number of rotatable bonds is 2. The maximum Gasteiger partial charge on any atom is 0.316 e. The van der Waals surface area contributed by atoms with Crippen LogP contribution in [0.25, 0.3) is 0 Å². The van der Waals surface area contributed by atoms with Crippen molar-refractivity contribution in [1.82, 2.24) is 5.32 Å². The van der Waals surface area contributed by atoms with Gasteiger partial charge in [0.15, 0.2) is 0 Å². The van der Waals surface area contributed by atoms with Crippen molar-refractivity contribution in [3.8, 4) is 0 Å². The van der Waals surface area contributed by atoms with Crippen LogP contribution in [0.4, 0.5) is 4.79 Å². The maximum atomic E-state index is 10.6. The van der Waals surface area contributed by atoms with Gasteiger partial charge in [0.05, 0.1) is 0 Å². The summed E-state index contributed by atoms with van der Waals surface area (Å²) in [7, 11) is 0. The number of hydrogen-bond acceptors (Lipinski definition) is 2. The lowest BCUT2D eigenvalue weighted by Gasteiger charge is -2.04. The molecule has 1 atom stereocenters. The molecule has 68 valence electrons. The Bertz CT molecular complexity index is 225. The number of nitrogens with two attached hydrogens (primary N) is 1. The molecule has 0 aliphatic carbocycles. The van der Waals surface area contributed by atoms with E-state index in [-0.39, 0.29) is 0 Å². The highest BCUT2D eigenvalue weighted by atomic mass is 32.2. The molecule has 3 nitrogen and oxygen atoms in total. The average molecular weight is 186 g/mol. The summed E-state index contributed by atoms with van der Waals surface area (Å²) in [6, 6.07) is -0.457. The molecular formula is C8H14N2OS. The van der Waals surface area contributed by atoms with Crippen LogP contribution in [0.1, 0.15) is 26.7 Å². The second-order valence-electron chi connectivity index (χ2n) is 2.88. The Kier molecular flexibility index (Phi) is 3.03. The van der Waals surface area contributed by atoms with Crippen LogP contribution in [0, 0.1) is 0 Å². The molecule has 0 spiro atoms. The monoisotopic (exact) mass is 186 g/mol. The van der Waals surface area contributed by atoms with Crippen molar-refractivity contribution >= 4 is 17.8 Å². The van der Waals surface area contributed by atoms with Crippen molar-refractivity contribution in [3.63, 3.8) is 0 Å². The SMILES string of the molecule is CCC1CC(NC(N)=O)=C(C)S1. The quantitative estimate of drug-likeness (QED) is 0.691. The van der Waals surface area contributed by atoms with Crippen LogP contribution >= 0.6 is 11.8 Å². The molecule has 1 aliphatic rings. The van der Waals surface area contributed by atoms with E-state index in [4.69, 9.17) is 5.73 Å². The molecule has 4 heteroatoms. The Labute approximate surface area is 76.8 Å². The first-order chi connectivity index (χ1) is 5.63. The number of nitrogens with one attached hydrogen (secondary N) is 1. The summed E-state index contributed by atoms with van der Waals surface area (Å²) in [5.74, 6) is 0. The molecule has 0 radical (unpaired) electrons. The summed E-state index contributed by atoms with van der Waals surface area (Å²) in [6.45, 7) is 4.17. The molecule has 12 heavy (non-hydrogen) atoms. The van der Waals surface area contributed by atoms with Crippen molar-refractivity contribution < 1.29 is 4.79 Å². The Morgan fingerprint density at radius 1 is 1.83 bits per heavy atom. The van der Waals surface area contributed by atoms with Crippen LogP contribution in [0.2, 0.25) is 0 Å². The fourth-order valence-corrected chi connectivity index (χ4v) is 2.44. The smallest absolute Gasteiger partial charge is 0.316 e. The van der Waals surface area contributed by atoms with Crippen LogP contribution in [-0.2, 0) is 0 Å². The lowest BCUT2D eigenvalue weighted by atomic mass is 10.2. The van der Waals surface area contributed by atoms with Gasteiger partial charge in [-0.2, -0.15) is 0 Å². The van der Waals surface area contributed by atoms with E-state index in [0.29, 0.717) is 5.25 Å². The first-order valence-electron chi connectivity index (χ1n) is 4.06. The Morgan fingerprint density at radius 3 is 2.92 bits per heavy atom. The molecule has 0 bridgehead atoms. The van der Waals surface area contributed by atoms with Crippen LogP contribution in [0.3, 0.4) is 0 Å². The predicted octanol–water partition coefficient (Wildman–Crippen LogP) is 1.80. The van der Waals surface area contributed by atoms with E-state index in [2.05, 4.69) is 12.2 Å². The van der Waals surface area contributed by atoms with Crippen molar-refractivity contribution in [2.75, 3.05) is 0 Å². The van der Waals surface area contributed by atoms with Gasteiger partial charge in [0.1, 0.15) is 0 Å². The molecule has 0 aromatic carbocycles. The minimum absolute atomic E-state index is 0.457. The number of urea groups is 1. The molecule has 1 heterocycles. The lowest BCUT2D eigenvalue weighted by molar-refractivity contribution is 0.251. The fraction of sp³-hybridized carbons (Fsp3) is 0.625. The lowest BCUT2D eigenvalue weighted by Crippen LogP contribution is -2.28. The van der Waals surface area contributed by atoms with Crippen LogP contribution in [0.15, 0.2) is 10.6 Å². The van der Waals surface area contributed by atoms with E-state index in [1.54, 1.807) is 0 Å². The van der Waals surface area contributed by atoms with Gasteiger partial charge in [-0.1, -0.05) is 6.92 Å². The van der Waals surface area contributed by atoms with Crippen LogP contribution < -0.4 is 11.1 Å². The van der Waals surface area contributed by atoms with E-state index in [9.17, 15) is 4.79 Å². The molecule has 1 unspecified atom stereocenters. The highest BCUT2D eigenvalue weighted by Crippen LogP contribution is 2.37. The highest BCUT2D eigenvalue weighted by Gasteiger charge is 2.21. The summed E-state index contributed by atoms with van der Waals surface area (Å²) >= 11 is 1.82. The van der Waals surface area contributed by atoms with Crippen LogP contribution in [0.5, 0.6) is 0 Å². The molecule has 0 aromatic heterocycles. The zero-order valence-corrected chi connectivity index (χ0v) is 8.20. The Balaban J connectivity index is 2.54. The van der Waals surface area contributed by atoms with E-state index in [1.165, 1.54) is 4.91 Å². The zero-order valence-electron chi connectivity index (χ0n) is 7.39. The fourth-order valence-electron chi connectivity index (χ4n) is 1.25. The summed E-state index contributed by atoms with van der Waals surface area (Å²) in [6.07, 6.45) is 2.07.